The highest BCUT2D eigenvalue weighted by Crippen LogP contribution is 2.29. The van der Waals surface area contributed by atoms with Crippen LogP contribution in [0, 0.1) is 5.82 Å². The molecule has 0 atom stereocenters. The van der Waals surface area contributed by atoms with Crippen molar-refractivity contribution in [1.82, 2.24) is 9.97 Å². The first-order valence-electron chi connectivity index (χ1n) is 8.77. The molecule has 4 nitrogen and oxygen atoms in total. The summed E-state index contributed by atoms with van der Waals surface area (Å²) in [6, 6.07) is 18.5. The van der Waals surface area contributed by atoms with Gasteiger partial charge in [0.2, 0.25) is 0 Å². The number of hydrogen-bond donors (Lipinski definition) is 1. The molecule has 136 valence electrons. The van der Waals surface area contributed by atoms with Gasteiger partial charge in [0.05, 0.1) is 13.2 Å². The van der Waals surface area contributed by atoms with Crippen LogP contribution in [0.4, 0.5) is 4.39 Å². The molecule has 0 spiro atoms. The predicted molar refractivity (Wildman–Crippen MR) is 103 cm³/mol. The molecular formula is C22H19FN2O2. The molecule has 4 aromatic rings. The Morgan fingerprint density at radius 3 is 2.70 bits per heavy atom. The second kappa shape index (κ2) is 8.01. The van der Waals surface area contributed by atoms with Gasteiger partial charge in [0.1, 0.15) is 18.2 Å². The van der Waals surface area contributed by atoms with Gasteiger partial charge in [-0.15, -0.1) is 0 Å². The van der Waals surface area contributed by atoms with Crippen molar-refractivity contribution in [1.29, 1.82) is 0 Å². The molecule has 0 amide bonds. The Kier molecular flexibility index (Phi) is 5.12. The van der Waals surface area contributed by atoms with Gasteiger partial charge >= 0.3 is 0 Å². The Hall–Kier alpha value is -3.18. The zero-order valence-corrected chi connectivity index (χ0v) is 14.7. The lowest BCUT2D eigenvalue weighted by Crippen LogP contribution is -2.06. The van der Waals surface area contributed by atoms with Crippen LogP contribution in [0.2, 0.25) is 0 Å². The Morgan fingerprint density at radius 1 is 0.963 bits per heavy atom. The maximum Gasteiger partial charge on any atom is 0.132 e. The highest BCUT2D eigenvalue weighted by atomic mass is 19.1. The van der Waals surface area contributed by atoms with Gasteiger partial charge in [0, 0.05) is 34.6 Å². The smallest absolute Gasteiger partial charge is 0.132 e. The van der Waals surface area contributed by atoms with Gasteiger partial charge in [-0.2, -0.15) is 0 Å². The second-order valence-electron chi connectivity index (χ2n) is 6.17. The van der Waals surface area contributed by atoms with E-state index in [0.29, 0.717) is 36.8 Å². The molecule has 2 heterocycles. The van der Waals surface area contributed by atoms with Crippen LogP contribution in [0.25, 0.3) is 22.2 Å². The number of rotatable bonds is 7. The normalized spacial score (nSPS) is 11.0. The summed E-state index contributed by atoms with van der Waals surface area (Å²) in [5, 5.41) is 0.938. The van der Waals surface area contributed by atoms with Gasteiger partial charge in [-0.3, -0.25) is 4.98 Å². The molecule has 0 unspecified atom stereocenters. The number of hydrogen-bond acceptors (Lipinski definition) is 3. The number of aromatic amines is 1. The first-order valence-corrected chi connectivity index (χ1v) is 8.77. The highest BCUT2D eigenvalue weighted by molar-refractivity contribution is 5.85. The number of aromatic nitrogens is 2. The van der Waals surface area contributed by atoms with Crippen LogP contribution in [0.1, 0.15) is 5.56 Å². The number of H-pyrrole nitrogens is 1. The fourth-order valence-electron chi connectivity index (χ4n) is 2.90. The van der Waals surface area contributed by atoms with Crippen LogP contribution in [0.3, 0.4) is 0 Å². The molecule has 0 aliphatic rings. The van der Waals surface area contributed by atoms with Gasteiger partial charge in [-0.1, -0.05) is 30.3 Å². The maximum atomic E-state index is 14.3. The van der Waals surface area contributed by atoms with Crippen molar-refractivity contribution in [2.75, 3.05) is 13.2 Å². The predicted octanol–water partition coefficient (Wildman–Crippen LogP) is 4.96. The third-order valence-corrected chi connectivity index (χ3v) is 4.26. The van der Waals surface area contributed by atoms with E-state index in [4.69, 9.17) is 9.47 Å². The van der Waals surface area contributed by atoms with E-state index in [0.717, 1.165) is 16.5 Å². The van der Waals surface area contributed by atoms with Crippen molar-refractivity contribution < 1.29 is 13.9 Å². The average Bonchev–Trinajstić information content (AvgIpc) is 3.14. The minimum Gasteiger partial charge on any atom is -0.491 e. The summed E-state index contributed by atoms with van der Waals surface area (Å²) < 4.78 is 25.6. The monoisotopic (exact) mass is 362 g/mol. The third-order valence-electron chi connectivity index (χ3n) is 4.26. The molecule has 0 fully saturated rings. The van der Waals surface area contributed by atoms with Crippen LogP contribution >= 0.6 is 0 Å². The SMILES string of the molecule is Fc1ccc(OCCOCc2ccccc2)cc1-c1cc2cnccc2[nH]1. The van der Waals surface area contributed by atoms with Crippen molar-refractivity contribution in [3.63, 3.8) is 0 Å². The van der Waals surface area contributed by atoms with Crippen molar-refractivity contribution in [2.45, 2.75) is 6.61 Å². The Bertz CT molecular complexity index is 998. The largest absolute Gasteiger partial charge is 0.491 e. The standard InChI is InChI=1S/C22H19FN2O2/c23-20-7-6-18(27-11-10-26-15-16-4-2-1-3-5-16)13-19(20)22-12-17-14-24-9-8-21(17)25-22/h1-9,12-14,25H,10-11,15H2. The number of ether oxygens (including phenoxy) is 2. The average molecular weight is 362 g/mol. The van der Waals surface area contributed by atoms with E-state index in [1.807, 2.05) is 42.5 Å². The number of fused-ring (bicyclic) bond motifs is 1. The minimum atomic E-state index is -0.304. The van der Waals surface area contributed by atoms with Crippen LogP contribution in [0.15, 0.2) is 73.1 Å². The van der Waals surface area contributed by atoms with Crippen LogP contribution < -0.4 is 4.74 Å². The van der Waals surface area contributed by atoms with Gasteiger partial charge in [0.25, 0.3) is 0 Å². The van der Waals surface area contributed by atoms with Gasteiger partial charge in [-0.05, 0) is 35.9 Å². The minimum absolute atomic E-state index is 0.304. The van der Waals surface area contributed by atoms with E-state index < -0.39 is 0 Å². The first-order chi connectivity index (χ1) is 13.3. The molecule has 27 heavy (non-hydrogen) atoms. The lowest BCUT2D eigenvalue weighted by Gasteiger charge is -2.09. The molecule has 2 aromatic heterocycles. The van der Waals surface area contributed by atoms with Crippen molar-refractivity contribution >= 4 is 10.9 Å². The number of benzene rings is 2. The molecule has 0 saturated carbocycles. The Morgan fingerprint density at radius 2 is 1.85 bits per heavy atom. The van der Waals surface area contributed by atoms with E-state index >= 15 is 0 Å². The quantitative estimate of drug-likeness (QED) is 0.473. The molecule has 1 N–H and O–H groups in total. The van der Waals surface area contributed by atoms with Crippen molar-refractivity contribution in [3.05, 3.63) is 84.4 Å². The number of halogens is 1. The molecule has 0 radical (unpaired) electrons. The summed E-state index contributed by atoms with van der Waals surface area (Å²) in [5.74, 6) is 0.300. The van der Waals surface area contributed by atoms with Crippen LogP contribution in [0.5, 0.6) is 5.75 Å². The summed E-state index contributed by atoms with van der Waals surface area (Å²) in [6.45, 7) is 1.40. The fourth-order valence-corrected chi connectivity index (χ4v) is 2.90. The Labute approximate surface area is 156 Å². The summed E-state index contributed by atoms with van der Waals surface area (Å²) in [6.07, 6.45) is 3.45. The zero-order chi connectivity index (χ0) is 18.5. The molecule has 5 heteroatoms. The van der Waals surface area contributed by atoms with Gasteiger partial charge in [-0.25, -0.2) is 4.39 Å². The third kappa shape index (κ3) is 4.15. The molecule has 4 rings (SSSR count). The van der Waals surface area contributed by atoms with Gasteiger partial charge < -0.3 is 14.5 Å². The topological polar surface area (TPSA) is 47.1 Å². The molecule has 0 saturated heterocycles. The molecule has 0 bridgehead atoms. The van der Waals surface area contributed by atoms with Gasteiger partial charge in [0.15, 0.2) is 0 Å². The van der Waals surface area contributed by atoms with Crippen molar-refractivity contribution in [2.24, 2.45) is 0 Å². The number of nitrogens with zero attached hydrogens (tertiary/aromatic N) is 1. The summed E-state index contributed by atoms with van der Waals surface area (Å²) >= 11 is 0. The van der Waals surface area contributed by atoms with E-state index in [9.17, 15) is 4.39 Å². The lowest BCUT2D eigenvalue weighted by atomic mass is 10.1. The summed E-state index contributed by atoms with van der Waals surface area (Å²) in [5.41, 5.74) is 3.20. The maximum absolute atomic E-state index is 14.3. The molecular weight excluding hydrogens is 343 g/mol. The fraction of sp³-hybridized carbons (Fsp3) is 0.136. The van der Waals surface area contributed by atoms with Crippen LogP contribution in [-0.2, 0) is 11.3 Å². The van der Waals surface area contributed by atoms with E-state index in [1.54, 1.807) is 24.5 Å². The lowest BCUT2D eigenvalue weighted by molar-refractivity contribution is 0.0889. The van der Waals surface area contributed by atoms with E-state index in [2.05, 4.69) is 9.97 Å². The van der Waals surface area contributed by atoms with Crippen LogP contribution in [-0.4, -0.2) is 23.2 Å². The summed E-state index contributed by atoms with van der Waals surface area (Å²) in [7, 11) is 0. The first kappa shape index (κ1) is 17.2. The van der Waals surface area contributed by atoms with Crippen molar-refractivity contribution in [3.8, 4) is 17.0 Å². The Balaban J connectivity index is 1.38. The van der Waals surface area contributed by atoms with E-state index in [-0.39, 0.29) is 5.82 Å². The molecule has 2 aromatic carbocycles. The molecule has 0 aliphatic heterocycles. The number of pyridine rings is 1. The molecule has 0 aliphatic carbocycles. The van der Waals surface area contributed by atoms with E-state index in [1.165, 1.54) is 6.07 Å². The number of nitrogens with one attached hydrogen (secondary N) is 1. The zero-order valence-electron chi connectivity index (χ0n) is 14.7. The second-order valence-corrected chi connectivity index (χ2v) is 6.17. The summed E-state index contributed by atoms with van der Waals surface area (Å²) in [4.78, 5) is 7.30. The highest BCUT2D eigenvalue weighted by Gasteiger charge is 2.10.